The van der Waals surface area contributed by atoms with Gasteiger partial charge in [-0.3, -0.25) is 10.1 Å². The molecule has 1 atom stereocenters. The van der Waals surface area contributed by atoms with Gasteiger partial charge in [0.25, 0.3) is 5.91 Å². The molecule has 0 radical (unpaired) electrons. The fraction of sp³-hybridized carbons (Fsp3) is 0.333. The van der Waals surface area contributed by atoms with E-state index in [-0.39, 0.29) is 17.6 Å². The molecule has 0 saturated heterocycles. The summed E-state index contributed by atoms with van der Waals surface area (Å²) in [5.74, 6) is 0.798. The number of rotatable bonds is 6. The van der Waals surface area contributed by atoms with Crippen molar-refractivity contribution in [3.63, 3.8) is 0 Å². The number of aryl methyl sites for hydroxylation is 2. The van der Waals surface area contributed by atoms with E-state index in [4.69, 9.17) is 17.0 Å². The fourth-order valence-corrected chi connectivity index (χ4v) is 2.97. The molecule has 2 aromatic rings. The molecular formula is C21H26N2O2S. The summed E-state index contributed by atoms with van der Waals surface area (Å²) in [5, 5.41) is 6.06. The third kappa shape index (κ3) is 5.85. The number of carbonyl (C=O) groups excluding carboxylic acids is 1. The number of benzene rings is 2. The van der Waals surface area contributed by atoms with Crippen molar-refractivity contribution in [2.75, 3.05) is 11.9 Å². The number of hydrogen-bond acceptors (Lipinski definition) is 3. The van der Waals surface area contributed by atoms with Crippen molar-refractivity contribution in [3.8, 4) is 5.75 Å². The number of carbonyl (C=O) groups is 1. The molecule has 0 aliphatic heterocycles. The van der Waals surface area contributed by atoms with Gasteiger partial charge in [0.2, 0.25) is 0 Å². The molecule has 138 valence electrons. The van der Waals surface area contributed by atoms with Gasteiger partial charge in [0.05, 0.1) is 0 Å². The van der Waals surface area contributed by atoms with Gasteiger partial charge in [-0.1, -0.05) is 38.1 Å². The third-order valence-corrected chi connectivity index (χ3v) is 4.37. The van der Waals surface area contributed by atoms with Gasteiger partial charge in [-0.15, -0.1) is 0 Å². The number of hydrogen-bond donors (Lipinski definition) is 2. The van der Waals surface area contributed by atoms with Crippen molar-refractivity contribution in [2.24, 2.45) is 0 Å². The highest BCUT2D eigenvalue weighted by Gasteiger charge is 2.11. The van der Waals surface area contributed by atoms with Crippen LogP contribution in [-0.4, -0.2) is 17.6 Å². The summed E-state index contributed by atoms with van der Waals surface area (Å²) in [6.07, 6.45) is 1.03. The highest BCUT2D eigenvalue weighted by atomic mass is 32.1. The first-order valence-corrected chi connectivity index (χ1v) is 9.20. The Morgan fingerprint density at radius 1 is 1.15 bits per heavy atom. The second-order valence-corrected chi connectivity index (χ2v) is 6.92. The molecular weight excluding hydrogens is 344 g/mol. The van der Waals surface area contributed by atoms with Crippen molar-refractivity contribution in [3.05, 3.63) is 59.2 Å². The number of anilines is 1. The first kappa shape index (κ1) is 19.9. The highest BCUT2D eigenvalue weighted by molar-refractivity contribution is 7.80. The summed E-state index contributed by atoms with van der Waals surface area (Å²) in [7, 11) is 0. The average molecular weight is 371 g/mol. The summed E-state index contributed by atoms with van der Waals surface area (Å²) in [4.78, 5) is 12.1. The molecule has 26 heavy (non-hydrogen) atoms. The molecule has 0 unspecified atom stereocenters. The highest BCUT2D eigenvalue weighted by Crippen LogP contribution is 2.26. The van der Waals surface area contributed by atoms with E-state index >= 15 is 0 Å². The van der Waals surface area contributed by atoms with Crippen LogP contribution in [0, 0.1) is 13.8 Å². The molecule has 4 nitrogen and oxygen atoms in total. The average Bonchev–Trinajstić information content (AvgIpc) is 2.59. The van der Waals surface area contributed by atoms with Crippen molar-refractivity contribution in [1.29, 1.82) is 0 Å². The van der Waals surface area contributed by atoms with Gasteiger partial charge in [-0.2, -0.15) is 0 Å². The second-order valence-electron chi connectivity index (χ2n) is 6.51. The van der Waals surface area contributed by atoms with Gasteiger partial charge in [0.1, 0.15) is 5.75 Å². The lowest BCUT2D eigenvalue weighted by atomic mass is 9.97. The summed E-state index contributed by atoms with van der Waals surface area (Å²) in [6, 6.07) is 13.9. The molecule has 0 heterocycles. The van der Waals surface area contributed by atoms with Crippen molar-refractivity contribution in [2.45, 2.75) is 40.0 Å². The van der Waals surface area contributed by atoms with E-state index < -0.39 is 0 Å². The van der Waals surface area contributed by atoms with E-state index in [0.29, 0.717) is 11.7 Å². The number of amides is 1. The zero-order valence-corrected chi connectivity index (χ0v) is 16.6. The van der Waals surface area contributed by atoms with Gasteiger partial charge in [-0.25, -0.2) is 0 Å². The SMILES string of the molecule is CC[C@H](C)c1ccccc1NC(=S)NC(=O)COc1cc(C)cc(C)c1. The predicted octanol–water partition coefficient (Wildman–Crippen LogP) is 4.71. The Labute approximate surface area is 161 Å². The van der Waals surface area contributed by atoms with Crippen LogP contribution in [0.4, 0.5) is 5.69 Å². The molecule has 0 aromatic heterocycles. The van der Waals surface area contributed by atoms with Crippen molar-refractivity contribution in [1.82, 2.24) is 5.32 Å². The Hall–Kier alpha value is -2.40. The minimum Gasteiger partial charge on any atom is -0.484 e. The summed E-state index contributed by atoms with van der Waals surface area (Å²) in [5.41, 5.74) is 4.29. The molecule has 2 N–H and O–H groups in total. The molecule has 2 rings (SSSR count). The van der Waals surface area contributed by atoms with Gasteiger partial charge in [-0.05, 0) is 73.3 Å². The molecule has 0 spiro atoms. The molecule has 0 aliphatic rings. The Bertz CT molecular complexity index is 769. The van der Waals surface area contributed by atoms with Crippen LogP contribution in [0.25, 0.3) is 0 Å². The largest absolute Gasteiger partial charge is 0.484 e. The maximum absolute atomic E-state index is 12.1. The summed E-state index contributed by atoms with van der Waals surface area (Å²) < 4.78 is 5.56. The first-order chi connectivity index (χ1) is 12.4. The molecule has 0 fully saturated rings. The van der Waals surface area contributed by atoms with Crippen molar-refractivity contribution >= 4 is 28.9 Å². The van der Waals surface area contributed by atoms with Crippen LogP contribution in [0.1, 0.15) is 42.9 Å². The summed E-state index contributed by atoms with van der Waals surface area (Å²) in [6.45, 7) is 8.21. The van der Waals surface area contributed by atoms with Crippen LogP contribution in [0.5, 0.6) is 5.75 Å². The maximum atomic E-state index is 12.1. The Kier molecular flexibility index (Phi) is 7.16. The number of nitrogens with one attached hydrogen (secondary N) is 2. The lowest BCUT2D eigenvalue weighted by Gasteiger charge is -2.17. The summed E-state index contributed by atoms with van der Waals surface area (Å²) >= 11 is 5.27. The van der Waals surface area contributed by atoms with Crippen LogP contribution >= 0.6 is 12.2 Å². The van der Waals surface area contributed by atoms with Gasteiger partial charge in [0.15, 0.2) is 11.7 Å². The fourth-order valence-electron chi connectivity index (χ4n) is 2.74. The first-order valence-electron chi connectivity index (χ1n) is 8.80. The van der Waals surface area contributed by atoms with E-state index in [1.165, 1.54) is 5.56 Å². The second kappa shape index (κ2) is 9.34. The zero-order chi connectivity index (χ0) is 19.1. The quantitative estimate of drug-likeness (QED) is 0.723. The van der Waals surface area contributed by atoms with Crippen LogP contribution in [0.15, 0.2) is 42.5 Å². The van der Waals surface area contributed by atoms with Crippen LogP contribution in [-0.2, 0) is 4.79 Å². The third-order valence-electron chi connectivity index (χ3n) is 4.17. The maximum Gasteiger partial charge on any atom is 0.264 e. The van der Waals surface area contributed by atoms with Gasteiger partial charge in [0, 0.05) is 5.69 Å². The number of ether oxygens (including phenoxy) is 1. The van der Waals surface area contributed by atoms with E-state index in [2.05, 4.69) is 36.6 Å². The normalized spacial score (nSPS) is 11.5. The lowest BCUT2D eigenvalue weighted by molar-refractivity contribution is -0.121. The number of thiocarbonyl (C=S) groups is 1. The van der Waals surface area contributed by atoms with E-state index in [0.717, 1.165) is 23.2 Å². The Balaban J connectivity index is 1.90. The smallest absolute Gasteiger partial charge is 0.264 e. The molecule has 5 heteroatoms. The van der Waals surface area contributed by atoms with Crippen LogP contribution in [0.3, 0.4) is 0 Å². The topological polar surface area (TPSA) is 50.4 Å². The Morgan fingerprint density at radius 3 is 2.46 bits per heavy atom. The number of para-hydroxylation sites is 1. The van der Waals surface area contributed by atoms with Crippen LogP contribution in [0.2, 0.25) is 0 Å². The molecule has 2 aromatic carbocycles. The predicted molar refractivity (Wildman–Crippen MR) is 111 cm³/mol. The molecule has 0 aliphatic carbocycles. The minimum absolute atomic E-state index is 0.0856. The molecule has 0 bridgehead atoms. The minimum atomic E-state index is -0.289. The van der Waals surface area contributed by atoms with Crippen LogP contribution < -0.4 is 15.4 Å². The molecule has 0 saturated carbocycles. The zero-order valence-electron chi connectivity index (χ0n) is 15.8. The Morgan fingerprint density at radius 2 is 1.81 bits per heavy atom. The standard InChI is InChI=1S/C21H26N2O2S/c1-5-16(4)18-8-6-7-9-19(18)22-21(26)23-20(24)13-25-17-11-14(2)10-15(3)12-17/h6-12,16H,5,13H2,1-4H3,(H2,22,23,24,26)/t16-/m0/s1. The van der Waals surface area contributed by atoms with Gasteiger partial charge >= 0.3 is 0 Å². The van der Waals surface area contributed by atoms with Gasteiger partial charge < -0.3 is 10.1 Å². The van der Waals surface area contributed by atoms with E-state index in [1.54, 1.807) is 0 Å². The van der Waals surface area contributed by atoms with Crippen molar-refractivity contribution < 1.29 is 9.53 Å². The molecule has 1 amide bonds. The lowest BCUT2D eigenvalue weighted by Crippen LogP contribution is -2.37. The monoisotopic (exact) mass is 370 g/mol. The van der Waals surface area contributed by atoms with E-state index in [9.17, 15) is 4.79 Å². The van der Waals surface area contributed by atoms with E-state index in [1.807, 2.05) is 44.2 Å².